The first kappa shape index (κ1) is 16.9. The van der Waals surface area contributed by atoms with E-state index < -0.39 is 11.8 Å². The van der Waals surface area contributed by atoms with Crippen molar-refractivity contribution in [1.29, 1.82) is 0 Å². The molecule has 1 aromatic heterocycles. The summed E-state index contributed by atoms with van der Waals surface area (Å²) in [5.74, 6) is -2.77. The smallest absolute Gasteiger partial charge is 0.249 e. The zero-order valence-corrected chi connectivity index (χ0v) is 14.3. The van der Waals surface area contributed by atoms with Crippen LogP contribution >= 0.6 is 0 Å². The number of rotatable bonds is 5. The number of pyridine rings is 1. The average Bonchev–Trinajstić information content (AvgIpc) is 3.10. The Morgan fingerprint density at radius 1 is 1.36 bits per heavy atom. The molecule has 6 heteroatoms. The van der Waals surface area contributed by atoms with E-state index >= 15 is 0 Å². The fourth-order valence-electron chi connectivity index (χ4n) is 4.75. The van der Waals surface area contributed by atoms with Crippen LogP contribution in [0.1, 0.15) is 37.8 Å². The highest BCUT2D eigenvalue weighted by molar-refractivity contribution is 5.80. The topological polar surface area (TPSA) is 42.4 Å². The number of hydrogen-bond donors (Lipinski definition) is 0. The monoisotopic (exact) mass is 350 g/mol. The summed E-state index contributed by atoms with van der Waals surface area (Å²) in [6, 6.07) is 5.75. The third-order valence-electron chi connectivity index (χ3n) is 6.16. The molecular formula is C19H24F2N2O2. The molecule has 1 aliphatic heterocycles. The van der Waals surface area contributed by atoms with E-state index in [1.54, 1.807) is 6.20 Å². The Kier molecular flexibility index (Phi) is 4.26. The second kappa shape index (κ2) is 6.31. The largest absolute Gasteiger partial charge is 0.375 e. The molecule has 2 aliphatic carbocycles. The second-order valence-electron chi connectivity index (χ2n) is 7.95. The van der Waals surface area contributed by atoms with Crippen molar-refractivity contribution in [1.82, 2.24) is 9.88 Å². The molecule has 1 amide bonds. The van der Waals surface area contributed by atoms with Crippen LogP contribution in [0, 0.1) is 17.3 Å². The lowest BCUT2D eigenvalue weighted by atomic mass is 9.80. The molecule has 0 N–H and O–H groups in total. The number of likely N-dealkylation sites (tertiary alicyclic amines) is 1. The highest BCUT2D eigenvalue weighted by atomic mass is 19.3. The molecule has 1 aromatic rings. The van der Waals surface area contributed by atoms with Crippen molar-refractivity contribution < 1.29 is 18.3 Å². The fraction of sp³-hybridized carbons (Fsp3) is 0.684. The Hall–Kier alpha value is -1.56. The van der Waals surface area contributed by atoms with Crippen LogP contribution in [0.5, 0.6) is 0 Å². The molecule has 0 radical (unpaired) electrons. The van der Waals surface area contributed by atoms with E-state index in [1.807, 2.05) is 23.1 Å². The van der Waals surface area contributed by atoms with Crippen molar-refractivity contribution in [3.05, 3.63) is 30.1 Å². The van der Waals surface area contributed by atoms with Crippen molar-refractivity contribution in [2.24, 2.45) is 17.3 Å². The van der Waals surface area contributed by atoms with Crippen LogP contribution in [-0.2, 0) is 16.1 Å². The van der Waals surface area contributed by atoms with E-state index in [0.29, 0.717) is 32.2 Å². The van der Waals surface area contributed by atoms with Crippen molar-refractivity contribution in [3.8, 4) is 0 Å². The minimum atomic E-state index is -2.64. The molecule has 136 valence electrons. The number of amides is 1. The Balaban J connectivity index is 1.35. The van der Waals surface area contributed by atoms with Crippen molar-refractivity contribution in [2.75, 3.05) is 19.7 Å². The van der Waals surface area contributed by atoms with Gasteiger partial charge < -0.3 is 9.64 Å². The lowest BCUT2D eigenvalue weighted by Gasteiger charge is -2.36. The summed E-state index contributed by atoms with van der Waals surface area (Å²) in [6.45, 7) is 2.44. The van der Waals surface area contributed by atoms with Gasteiger partial charge in [0.15, 0.2) is 0 Å². The number of aromatic nitrogens is 1. The zero-order valence-electron chi connectivity index (χ0n) is 14.3. The summed E-state index contributed by atoms with van der Waals surface area (Å²) in [5.41, 5.74) is 0.896. The molecule has 3 aliphatic rings. The van der Waals surface area contributed by atoms with E-state index in [2.05, 4.69) is 4.98 Å². The van der Waals surface area contributed by atoms with Crippen LogP contribution in [-0.4, -0.2) is 41.4 Å². The summed E-state index contributed by atoms with van der Waals surface area (Å²) in [5, 5.41) is 0. The fourth-order valence-corrected chi connectivity index (χ4v) is 4.75. The summed E-state index contributed by atoms with van der Waals surface area (Å²) in [6.07, 6.45) is 4.48. The van der Waals surface area contributed by atoms with Gasteiger partial charge in [-0.3, -0.25) is 9.78 Å². The molecule has 0 unspecified atom stereocenters. The van der Waals surface area contributed by atoms with Crippen LogP contribution in [0.3, 0.4) is 0 Å². The van der Waals surface area contributed by atoms with Crippen LogP contribution in [0.4, 0.5) is 8.78 Å². The first-order valence-electron chi connectivity index (χ1n) is 9.12. The molecule has 3 fully saturated rings. The van der Waals surface area contributed by atoms with Gasteiger partial charge in [-0.15, -0.1) is 0 Å². The SMILES string of the molecule is O=C(C1CC(F)(F)C1)N1C[C@H]2CCC[C@@]2(COCc2ccccn2)C1. The first-order chi connectivity index (χ1) is 12.0. The number of nitrogens with zero attached hydrogens (tertiary/aromatic N) is 2. The lowest BCUT2D eigenvalue weighted by molar-refractivity contribution is -0.159. The van der Waals surface area contributed by atoms with Gasteiger partial charge in [-0.05, 0) is 30.9 Å². The average molecular weight is 350 g/mol. The number of carbonyl (C=O) groups is 1. The predicted octanol–water partition coefficient (Wildman–Crippen LogP) is 3.27. The van der Waals surface area contributed by atoms with E-state index in [4.69, 9.17) is 4.74 Å². The maximum absolute atomic E-state index is 13.1. The molecule has 0 spiro atoms. The molecule has 1 saturated heterocycles. The van der Waals surface area contributed by atoms with Crippen molar-refractivity contribution >= 4 is 5.91 Å². The number of halogens is 2. The third kappa shape index (κ3) is 3.28. The molecule has 25 heavy (non-hydrogen) atoms. The van der Waals surface area contributed by atoms with Crippen molar-refractivity contribution in [3.63, 3.8) is 0 Å². The van der Waals surface area contributed by atoms with Gasteiger partial charge in [0.25, 0.3) is 0 Å². The van der Waals surface area contributed by atoms with Gasteiger partial charge in [0, 0.05) is 43.5 Å². The third-order valence-corrected chi connectivity index (χ3v) is 6.16. The van der Waals surface area contributed by atoms with E-state index in [1.165, 1.54) is 0 Å². The number of fused-ring (bicyclic) bond motifs is 1. The Morgan fingerprint density at radius 2 is 2.20 bits per heavy atom. The highest BCUT2D eigenvalue weighted by Gasteiger charge is 2.55. The maximum Gasteiger partial charge on any atom is 0.249 e. The van der Waals surface area contributed by atoms with Gasteiger partial charge in [-0.25, -0.2) is 8.78 Å². The van der Waals surface area contributed by atoms with E-state index in [0.717, 1.165) is 25.0 Å². The first-order valence-corrected chi connectivity index (χ1v) is 9.12. The summed E-state index contributed by atoms with van der Waals surface area (Å²) >= 11 is 0. The number of alkyl halides is 2. The van der Waals surface area contributed by atoms with Crippen LogP contribution in [0.2, 0.25) is 0 Å². The summed E-state index contributed by atoms with van der Waals surface area (Å²) in [4.78, 5) is 18.6. The van der Waals surface area contributed by atoms with E-state index in [-0.39, 0.29) is 24.2 Å². The van der Waals surface area contributed by atoms with Crippen LogP contribution in [0.25, 0.3) is 0 Å². The van der Waals surface area contributed by atoms with Crippen LogP contribution < -0.4 is 0 Å². The number of ether oxygens (including phenoxy) is 1. The molecular weight excluding hydrogens is 326 g/mol. The zero-order chi connectivity index (χ0) is 17.5. The highest BCUT2D eigenvalue weighted by Crippen LogP contribution is 2.51. The molecule has 2 saturated carbocycles. The van der Waals surface area contributed by atoms with Gasteiger partial charge in [0.05, 0.1) is 18.9 Å². The summed E-state index contributed by atoms with van der Waals surface area (Å²) in [7, 11) is 0. The normalized spacial score (nSPS) is 31.0. The van der Waals surface area contributed by atoms with Gasteiger partial charge in [-0.1, -0.05) is 12.5 Å². The molecule has 4 rings (SSSR count). The number of carbonyl (C=O) groups excluding carboxylic acids is 1. The Morgan fingerprint density at radius 3 is 2.92 bits per heavy atom. The van der Waals surface area contributed by atoms with Crippen molar-refractivity contribution in [2.45, 2.75) is 44.6 Å². The minimum Gasteiger partial charge on any atom is -0.375 e. The Bertz CT molecular complexity index is 632. The van der Waals surface area contributed by atoms with Gasteiger partial charge >= 0.3 is 0 Å². The summed E-state index contributed by atoms with van der Waals surface area (Å²) < 4.78 is 32.1. The standard InChI is InChI=1S/C19H24F2N2O2/c20-19(21)8-14(9-19)17(24)23-10-15-4-3-6-18(15,12-23)13-25-11-16-5-1-2-7-22-16/h1-2,5,7,14-15H,3-4,6,8-13H2/t15-,18+/m1/s1. The second-order valence-corrected chi connectivity index (χ2v) is 7.95. The van der Waals surface area contributed by atoms with Gasteiger partial charge in [-0.2, -0.15) is 0 Å². The Labute approximate surface area is 146 Å². The van der Waals surface area contributed by atoms with Gasteiger partial charge in [0.2, 0.25) is 11.8 Å². The minimum absolute atomic E-state index is 0.00327. The molecule has 0 bridgehead atoms. The van der Waals surface area contributed by atoms with Gasteiger partial charge in [0.1, 0.15) is 0 Å². The van der Waals surface area contributed by atoms with E-state index in [9.17, 15) is 13.6 Å². The predicted molar refractivity (Wildman–Crippen MR) is 87.9 cm³/mol. The maximum atomic E-state index is 13.1. The molecule has 2 heterocycles. The number of hydrogen-bond acceptors (Lipinski definition) is 3. The molecule has 4 nitrogen and oxygen atoms in total. The molecule has 0 aromatic carbocycles. The lowest BCUT2D eigenvalue weighted by Crippen LogP contribution is -2.46. The van der Waals surface area contributed by atoms with Crippen LogP contribution in [0.15, 0.2) is 24.4 Å². The molecule has 2 atom stereocenters. The quantitative estimate of drug-likeness (QED) is 0.818.